The zero-order valence-corrected chi connectivity index (χ0v) is 12.9. The van der Waals surface area contributed by atoms with E-state index in [0.29, 0.717) is 12.8 Å². The summed E-state index contributed by atoms with van der Waals surface area (Å²) in [6.45, 7) is 5.40. The fraction of sp³-hybridized carbons (Fsp3) is 0.857. The summed E-state index contributed by atoms with van der Waals surface area (Å²) in [7, 11) is 0. The third kappa shape index (κ3) is 4.94. The van der Waals surface area contributed by atoms with Crippen LogP contribution < -0.4 is 0 Å². The molecule has 1 aliphatic rings. The average Bonchev–Trinajstić information content (AvgIpc) is 2.78. The van der Waals surface area contributed by atoms with Gasteiger partial charge in [0.2, 0.25) is 0 Å². The van der Waals surface area contributed by atoms with Gasteiger partial charge in [0.25, 0.3) is 0 Å². The van der Waals surface area contributed by atoms with Crippen LogP contribution in [0.25, 0.3) is 0 Å². The van der Waals surface area contributed by atoms with E-state index < -0.39 is 35.3 Å². The summed E-state index contributed by atoms with van der Waals surface area (Å²) >= 11 is 0. The molecule has 0 amide bonds. The van der Waals surface area contributed by atoms with Crippen molar-refractivity contribution in [2.24, 2.45) is 0 Å². The number of ether oxygens (including phenoxy) is 3. The molecular weight excluding hydrogens is 280 g/mol. The Morgan fingerprint density at radius 1 is 1.38 bits per heavy atom. The van der Waals surface area contributed by atoms with E-state index in [1.807, 2.05) is 0 Å². The number of carbonyl (C=O) groups is 2. The van der Waals surface area contributed by atoms with Crippen molar-refractivity contribution in [3.05, 3.63) is 0 Å². The highest BCUT2D eigenvalue weighted by Gasteiger charge is 2.48. The van der Waals surface area contributed by atoms with E-state index in [2.05, 4.69) is 0 Å². The second-order valence-corrected chi connectivity index (χ2v) is 5.91. The van der Waals surface area contributed by atoms with Gasteiger partial charge in [-0.05, 0) is 26.7 Å². The Labute approximate surface area is 124 Å². The van der Waals surface area contributed by atoms with Crippen LogP contribution in [0, 0.1) is 0 Å². The van der Waals surface area contributed by atoms with Gasteiger partial charge in [0, 0.05) is 13.8 Å². The van der Waals surface area contributed by atoms with Gasteiger partial charge in [-0.1, -0.05) is 0 Å². The molecule has 0 saturated carbocycles. The van der Waals surface area contributed by atoms with E-state index in [-0.39, 0.29) is 13.2 Å². The molecule has 7 nitrogen and oxygen atoms in total. The summed E-state index contributed by atoms with van der Waals surface area (Å²) in [5.41, 5.74) is -2.26. The van der Waals surface area contributed by atoms with Crippen molar-refractivity contribution in [3.63, 3.8) is 0 Å². The summed E-state index contributed by atoms with van der Waals surface area (Å²) < 4.78 is 15.4. The Morgan fingerprint density at radius 2 is 1.95 bits per heavy atom. The average molecular weight is 304 g/mol. The molecule has 1 aliphatic heterocycles. The summed E-state index contributed by atoms with van der Waals surface area (Å²) in [5, 5.41) is 20.4. The first-order chi connectivity index (χ1) is 9.57. The first-order valence-corrected chi connectivity index (χ1v) is 6.92. The van der Waals surface area contributed by atoms with Gasteiger partial charge in [-0.2, -0.15) is 0 Å². The molecule has 0 aromatic carbocycles. The largest absolute Gasteiger partial charge is 0.463 e. The first-order valence-electron chi connectivity index (χ1n) is 6.92. The Morgan fingerprint density at radius 3 is 2.48 bits per heavy atom. The molecule has 1 fully saturated rings. The maximum atomic E-state index is 10.8. The van der Waals surface area contributed by atoms with Crippen molar-refractivity contribution in [2.75, 3.05) is 13.2 Å². The zero-order valence-electron chi connectivity index (χ0n) is 12.9. The van der Waals surface area contributed by atoms with Crippen molar-refractivity contribution in [2.45, 2.75) is 63.9 Å². The summed E-state index contributed by atoms with van der Waals surface area (Å²) in [4.78, 5) is 21.6. The van der Waals surface area contributed by atoms with E-state index >= 15 is 0 Å². The van der Waals surface area contributed by atoms with Crippen LogP contribution in [0.3, 0.4) is 0 Å². The first kappa shape index (κ1) is 17.9. The lowest BCUT2D eigenvalue weighted by molar-refractivity contribution is -0.186. The van der Waals surface area contributed by atoms with E-state index in [1.54, 1.807) is 6.92 Å². The number of aliphatic hydroxyl groups is 2. The second kappa shape index (κ2) is 6.72. The molecule has 0 bridgehead atoms. The molecule has 122 valence electrons. The molecule has 1 heterocycles. The van der Waals surface area contributed by atoms with E-state index in [4.69, 9.17) is 14.2 Å². The minimum atomic E-state index is -1.34. The van der Waals surface area contributed by atoms with Crippen molar-refractivity contribution >= 4 is 11.9 Å². The monoisotopic (exact) mass is 304 g/mol. The standard InChI is InChI=1S/C14H24O7/c1-9(15)19-7-11(17)14(4)6-5-12(21-14)13(3,18)8-20-10(2)16/h11-12,17-18H,5-8H2,1-4H3/t11-,12+,13-,14-/m0/s1. The summed E-state index contributed by atoms with van der Waals surface area (Å²) in [5.74, 6) is -0.958. The number of hydrogen-bond acceptors (Lipinski definition) is 7. The number of aliphatic hydroxyl groups excluding tert-OH is 1. The van der Waals surface area contributed by atoms with Gasteiger partial charge in [0.05, 0.1) is 11.7 Å². The molecule has 0 radical (unpaired) electrons. The van der Waals surface area contributed by atoms with E-state index in [9.17, 15) is 19.8 Å². The van der Waals surface area contributed by atoms with Gasteiger partial charge < -0.3 is 24.4 Å². The maximum absolute atomic E-state index is 10.8. The van der Waals surface area contributed by atoms with Gasteiger partial charge in [-0.15, -0.1) is 0 Å². The van der Waals surface area contributed by atoms with Gasteiger partial charge in [0.15, 0.2) is 0 Å². The summed E-state index contributed by atoms with van der Waals surface area (Å²) in [6.07, 6.45) is -0.567. The molecule has 1 rings (SSSR count). The number of esters is 2. The molecule has 7 heteroatoms. The lowest BCUT2D eigenvalue weighted by atomic mass is 9.93. The van der Waals surface area contributed by atoms with Gasteiger partial charge in [-0.3, -0.25) is 9.59 Å². The SMILES string of the molecule is CC(=O)OC[C@H](O)[C@]1(C)CC[C@H]([C@@](C)(O)COC(C)=O)O1. The minimum Gasteiger partial charge on any atom is -0.463 e. The Bertz CT molecular complexity index is 393. The Kier molecular flexibility index (Phi) is 5.72. The van der Waals surface area contributed by atoms with Crippen molar-refractivity contribution in [3.8, 4) is 0 Å². The lowest BCUT2D eigenvalue weighted by Gasteiger charge is -2.34. The number of hydrogen-bond donors (Lipinski definition) is 2. The third-order valence-electron chi connectivity index (χ3n) is 3.73. The quantitative estimate of drug-likeness (QED) is 0.674. The normalized spacial score (nSPS) is 29.5. The minimum absolute atomic E-state index is 0.162. The molecular formula is C14H24O7. The molecule has 0 aromatic rings. The molecule has 2 N–H and O–H groups in total. The topological polar surface area (TPSA) is 102 Å². The van der Waals surface area contributed by atoms with Crippen molar-refractivity contribution < 1.29 is 34.0 Å². The van der Waals surface area contributed by atoms with Crippen LogP contribution in [0.15, 0.2) is 0 Å². The predicted molar refractivity (Wildman–Crippen MR) is 72.4 cm³/mol. The fourth-order valence-corrected chi connectivity index (χ4v) is 2.26. The van der Waals surface area contributed by atoms with Crippen LogP contribution in [-0.2, 0) is 23.8 Å². The molecule has 4 atom stereocenters. The highest BCUT2D eigenvalue weighted by atomic mass is 16.6. The lowest BCUT2D eigenvalue weighted by Crippen LogP contribution is -2.48. The van der Waals surface area contributed by atoms with Crippen LogP contribution in [0.1, 0.15) is 40.5 Å². The van der Waals surface area contributed by atoms with Gasteiger partial charge >= 0.3 is 11.9 Å². The number of carbonyl (C=O) groups excluding carboxylic acids is 2. The van der Waals surface area contributed by atoms with Gasteiger partial charge in [-0.25, -0.2) is 0 Å². The molecule has 21 heavy (non-hydrogen) atoms. The fourth-order valence-electron chi connectivity index (χ4n) is 2.26. The van der Waals surface area contributed by atoms with Crippen molar-refractivity contribution in [1.82, 2.24) is 0 Å². The number of rotatable bonds is 6. The summed E-state index contributed by atoms with van der Waals surface area (Å²) in [6, 6.07) is 0. The maximum Gasteiger partial charge on any atom is 0.302 e. The van der Waals surface area contributed by atoms with Crippen LogP contribution in [0.5, 0.6) is 0 Å². The predicted octanol–water partition coefficient (Wildman–Crippen LogP) is 0.162. The van der Waals surface area contributed by atoms with Crippen LogP contribution in [0.4, 0.5) is 0 Å². The molecule has 0 spiro atoms. The molecule has 1 saturated heterocycles. The highest BCUT2D eigenvalue weighted by Crippen LogP contribution is 2.37. The molecule has 0 aliphatic carbocycles. The zero-order chi connectivity index (χ0) is 16.3. The molecule has 0 aromatic heterocycles. The Hall–Kier alpha value is -1.18. The highest BCUT2D eigenvalue weighted by molar-refractivity contribution is 5.66. The smallest absolute Gasteiger partial charge is 0.302 e. The van der Waals surface area contributed by atoms with Crippen LogP contribution in [0.2, 0.25) is 0 Å². The van der Waals surface area contributed by atoms with Crippen LogP contribution in [-0.4, -0.2) is 58.8 Å². The Balaban J connectivity index is 2.60. The van der Waals surface area contributed by atoms with Crippen LogP contribution >= 0.6 is 0 Å². The molecule has 0 unspecified atom stereocenters. The van der Waals surface area contributed by atoms with E-state index in [0.717, 1.165) is 0 Å². The van der Waals surface area contributed by atoms with E-state index in [1.165, 1.54) is 20.8 Å². The third-order valence-corrected chi connectivity index (χ3v) is 3.73. The van der Waals surface area contributed by atoms with Crippen molar-refractivity contribution in [1.29, 1.82) is 0 Å². The van der Waals surface area contributed by atoms with Gasteiger partial charge in [0.1, 0.15) is 24.9 Å². The second-order valence-electron chi connectivity index (χ2n) is 5.91.